The van der Waals surface area contributed by atoms with Crippen LogP contribution >= 0.6 is 0 Å². The first-order chi connectivity index (χ1) is 7.36. The van der Waals surface area contributed by atoms with Gasteiger partial charge in [0, 0.05) is 11.5 Å². The van der Waals surface area contributed by atoms with E-state index in [0.29, 0.717) is 5.92 Å². The van der Waals surface area contributed by atoms with Gasteiger partial charge < -0.3 is 0 Å². The smallest absolute Gasteiger partial charge is 0.170 e. The summed E-state index contributed by atoms with van der Waals surface area (Å²) in [4.78, 5) is 12.2. The second-order valence-electron chi connectivity index (χ2n) is 4.18. The molecule has 0 saturated heterocycles. The highest BCUT2D eigenvalue weighted by Gasteiger charge is 2.32. The fourth-order valence-corrected chi connectivity index (χ4v) is 2.50. The molecule has 1 heteroatoms. The lowest BCUT2D eigenvalue weighted by Gasteiger charge is -2.29. The minimum absolute atomic E-state index is 0.0740. The Bertz CT molecular complexity index is 468. The number of fused-ring (bicyclic) bond motifs is 2. The lowest BCUT2D eigenvalue weighted by Crippen LogP contribution is -2.29. The van der Waals surface area contributed by atoms with E-state index in [-0.39, 0.29) is 11.7 Å². The first-order valence-corrected chi connectivity index (χ1v) is 5.33. The van der Waals surface area contributed by atoms with Crippen LogP contribution in [0.2, 0.25) is 0 Å². The Morgan fingerprint density at radius 2 is 1.87 bits per heavy atom. The molecule has 0 saturated carbocycles. The summed E-state index contributed by atoms with van der Waals surface area (Å²) in [7, 11) is 0. The number of hydrogen-bond acceptors (Lipinski definition) is 1. The second kappa shape index (κ2) is 3.20. The van der Waals surface area contributed by atoms with E-state index >= 15 is 0 Å². The van der Waals surface area contributed by atoms with Crippen molar-refractivity contribution in [3.05, 3.63) is 59.7 Å². The minimum Gasteiger partial charge on any atom is -0.293 e. The van der Waals surface area contributed by atoms with Crippen molar-refractivity contribution in [2.75, 3.05) is 0 Å². The van der Waals surface area contributed by atoms with Crippen LogP contribution in [0.3, 0.4) is 0 Å². The third-order valence-corrected chi connectivity index (χ3v) is 3.29. The molecule has 3 rings (SSSR count). The van der Waals surface area contributed by atoms with Crippen LogP contribution in [0.5, 0.6) is 0 Å². The van der Waals surface area contributed by atoms with Gasteiger partial charge in [-0.15, -0.1) is 0 Å². The molecule has 0 aliphatic heterocycles. The number of Topliss-reactive ketones (excluding diaryl/α,β-unsaturated/α-hetero) is 1. The molecule has 1 aromatic rings. The molecule has 2 aliphatic rings. The zero-order valence-corrected chi connectivity index (χ0v) is 8.39. The van der Waals surface area contributed by atoms with Crippen molar-refractivity contribution in [2.24, 2.45) is 11.8 Å². The third-order valence-electron chi connectivity index (χ3n) is 3.29. The highest BCUT2D eigenvalue weighted by Crippen LogP contribution is 2.33. The van der Waals surface area contributed by atoms with Crippen LogP contribution in [0, 0.1) is 11.8 Å². The van der Waals surface area contributed by atoms with Crippen LogP contribution in [0.4, 0.5) is 0 Å². The first kappa shape index (κ1) is 8.66. The van der Waals surface area contributed by atoms with E-state index < -0.39 is 0 Å². The van der Waals surface area contributed by atoms with Crippen LogP contribution in [0.25, 0.3) is 0 Å². The SMILES string of the molecule is O=C1c2ccccc2C[C@H]2C=CC=C[C@H]12. The lowest BCUT2D eigenvalue weighted by molar-refractivity contribution is 0.0908. The molecule has 2 atom stereocenters. The van der Waals surface area contributed by atoms with Crippen LogP contribution in [-0.2, 0) is 6.42 Å². The van der Waals surface area contributed by atoms with Gasteiger partial charge in [0.15, 0.2) is 5.78 Å². The van der Waals surface area contributed by atoms with Crippen LogP contribution in [0.15, 0.2) is 48.6 Å². The van der Waals surface area contributed by atoms with Gasteiger partial charge in [-0.2, -0.15) is 0 Å². The molecule has 0 N–H and O–H groups in total. The Morgan fingerprint density at radius 1 is 1.07 bits per heavy atom. The van der Waals surface area contributed by atoms with E-state index in [4.69, 9.17) is 0 Å². The normalized spacial score (nSPS) is 27.3. The number of carbonyl (C=O) groups is 1. The van der Waals surface area contributed by atoms with Gasteiger partial charge in [-0.05, 0) is 17.9 Å². The summed E-state index contributed by atoms with van der Waals surface area (Å²) < 4.78 is 0. The van der Waals surface area contributed by atoms with Crippen molar-refractivity contribution in [1.82, 2.24) is 0 Å². The molecular weight excluding hydrogens is 184 g/mol. The van der Waals surface area contributed by atoms with E-state index in [1.807, 2.05) is 36.4 Å². The monoisotopic (exact) mass is 196 g/mol. The molecule has 74 valence electrons. The summed E-state index contributed by atoms with van der Waals surface area (Å²) in [6, 6.07) is 7.96. The predicted octanol–water partition coefficient (Wildman–Crippen LogP) is 2.78. The van der Waals surface area contributed by atoms with Crippen molar-refractivity contribution in [2.45, 2.75) is 6.42 Å². The lowest BCUT2D eigenvalue weighted by atomic mass is 9.73. The highest BCUT2D eigenvalue weighted by atomic mass is 16.1. The van der Waals surface area contributed by atoms with Gasteiger partial charge in [0.05, 0.1) is 0 Å². The van der Waals surface area contributed by atoms with Crippen molar-refractivity contribution >= 4 is 5.78 Å². The van der Waals surface area contributed by atoms with Gasteiger partial charge in [0.2, 0.25) is 0 Å². The van der Waals surface area contributed by atoms with Gasteiger partial charge in [-0.3, -0.25) is 4.79 Å². The maximum atomic E-state index is 12.2. The Morgan fingerprint density at radius 3 is 2.80 bits per heavy atom. The van der Waals surface area contributed by atoms with E-state index in [1.165, 1.54) is 5.56 Å². The maximum Gasteiger partial charge on any atom is 0.170 e. The topological polar surface area (TPSA) is 17.1 Å². The summed E-state index contributed by atoms with van der Waals surface area (Å²) in [6.45, 7) is 0. The number of hydrogen-bond donors (Lipinski definition) is 0. The van der Waals surface area contributed by atoms with E-state index in [1.54, 1.807) is 0 Å². The number of ketones is 1. The quantitative estimate of drug-likeness (QED) is 0.623. The summed E-state index contributed by atoms with van der Waals surface area (Å²) in [5.74, 6) is 0.727. The van der Waals surface area contributed by atoms with E-state index in [0.717, 1.165) is 12.0 Å². The van der Waals surface area contributed by atoms with Gasteiger partial charge >= 0.3 is 0 Å². The van der Waals surface area contributed by atoms with Crippen molar-refractivity contribution in [1.29, 1.82) is 0 Å². The average molecular weight is 196 g/mol. The first-order valence-electron chi connectivity index (χ1n) is 5.33. The Balaban J connectivity index is 2.11. The zero-order valence-electron chi connectivity index (χ0n) is 8.39. The molecule has 1 nitrogen and oxygen atoms in total. The molecule has 0 fully saturated rings. The number of benzene rings is 1. The summed E-state index contributed by atoms with van der Waals surface area (Å²) in [5, 5.41) is 0. The molecule has 0 unspecified atom stereocenters. The van der Waals surface area contributed by atoms with Crippen molar-refractivity contribution < 1.29 is 4.79 Å². The molecule has 0 aromatic heterocycles. The zero-order chi connectivity index (χ0) is 10.3. The molecule has 1 aromatic carbocycles. The molecular formula is C14H12O. The molecule has 0 radical (unpaired) electrons. The largest absolute Gasteiger partial charge is 0.293 e. The standard InChI is InChI=1S/C14H12O/c15-14-12-7-3-1-5-10(12)9-11-6-2-4-8-13(11)14/h1-8,10,12H,9H2/t10-,12+/m1/s1. The summed E-state index contributed by atoms with van der Waals surface area (Å²) >= 11 is 0. The average Bonchev–Trinajstić information content (AvgIpc) is 2.30. The van der Waals surface area contributed by atoms with Gasteiger partial charge in [-0.25, -0.2) is 0 Å². The Kier molecular flexibility index (Phi) is 1.84. The predicted molar refractivity (Wildman–Crippen MR) is 59.7 cm³/mol. The van der Waals surface area contributed by atoms with E-state index in [9.17, 15) is 4.79 Å². The van der Waals surface area contributed by atoms with Gasteiger partial charge in [0.25, 0.3) is 0 Å². The van der Waals surface area contributed by atoms with Crippen LogP contribution in [-0.4, -0.2) is 5.78 Å². The molecule has 0 bridgehead atoms. The number of allylic oxidation sites excluding steroid dienone is 4. The number of rotatable bonds is 0. The van der Waals surface area contributed by atoms with Gasteiger partial charge in [0.1, 0.15) is 0 Å². The van der Waals surface area contributed by atoms with Crippen LogP contribution in [0.1, 0.15) is 15.9 Å². The second-order valence-corrected chi connectivity index (χ2v) is 4.18. The molecule has 2 aliphatic carbocycles. The van der Waals surface area contributed by atoms with Gasteiger partial charge in [-0.1, -0.05) is 48.6 Å². The highest BCUT2D eigenvalue weighted by molar-refractivity contribution is 6.01. The van der Waals surface area contributed by atoms with Crippen molar-refractivity contribution in [3.63, 3.8) is 0 Å². The Hall–Kier alpha value is -1.63. The minimum atomic E-state index is 0.0740. The summed E-state index contributed by atoms with van der Waals surface area (Å²) in [5.41, 5.74) is 2.11. The third kappa shape index (κ3) is 1.27. The summed E-state index contributed by atoms with van der Waals surface area (Å²) in [6.07, 6.45) is 9.20. The maximum absolute atomic E-state index is 12.2. The molecule has 0 spiro atoms. The van der Waals surface area contributed by atoms with Crippen LogP contribution < -0.4 is 0 Å². The fourth-order valence-electron chi connectivity index (χ4n) is 2.50. The van der Waals surface area contributed by atoms with Crippen molar-refractivity contribution in [3.8, 4) is 0 Å². The van der Waals surface area contributed by atoms with E-state index in [2.05, 4.69) is 12.1 Å². The molecule has 15 heavy (non-hydrogen) atoms. The molecule has 0 heterocycles. The molecule has 0 amide bonds. The fraction of sp³-hybridized carbons (Fsp3) is 0.214. The number of carbonyl (C=O) groups excluding carboxylic acids is 1. The Labute approximate surface area is 89.1 Å².